The molecule has 3 rings (SSSR count). The van der Waals surface area contributed by atoms with Crippen molar-refractivity contribution in [1.29, 1.82) is 0 Å². The van der Waals surface area contributed by atoms with E-state index >= 15 is 0 Å². The minimum absolute atomic E-state index is 0.0679. The number of benzene rings is 1. The molecule has 136 valence electrons. The highest BCUT2D eigenvalue weighted by atomic mass is 35.5. The Bertz CT molecular complexity index is 1050. The molecule has 8 nitrogen and oxygen atoms in total. The summed E-state index contributed by atoms with van der Waals surface area (Å²) in [6, 6.07) is 10.4. The molecule has 2 heterocycles. The van der Waals surface area contributed by atoms with Crippen LogP contribution in [0.3, 0.4) is 0 Å². The number of non-ortho nitro benzene ring substituents is 1. The average molecular weight is 405 g/mol. The van der Waals surface area contributed by atoms with Crippen LogP contribution in [0, 0.1) is 10.1 Å². The molecule has 0 aliphatic carbocycles. The van der Waals surface area contributed by atoms with E-state index in [0.717, 1.165) is 0 Å². The second kappa shape index (κ2) is 7.98. The van der Waals surface area contributed by atoms with Crippen molar-refractivity contribution < 1.29 is 14.1 Å². The monoisotopic (exact) mass is 404 g/mol. The van der Waals surface area contributed by atoms with Gasteiger partial charge in [-0.25, -0.2) is 10.4 Å². The van der Waals surface area contributed by atoms with Gasteiger partial charge < -0.3 is 4.42 Å². The molecule has 2 aromatic heterocycles. The van der Waals surface area contributed by atoms with Crippen molar-refractivity contribution in [3.05, 3.63) is 80.3 Å². The minimum Gasteiger partial charge on any atom is -0.455 e. The molecular weight excluding hydrogens is 395 g/mol. The zero-order valence-corrected chi connectivity index (χ0v) is 14.9. The number of nitro benzene ring substituents is 1. The fraction of sp³-hybridized carbons (Fsp3) is 0. The second-order valence-corrected chi connectivity index (χ2v) is 5.93. The summed E-state index contributed by atoms with van der Waals surface area (Å²) in [6.07, 6.45) is 2.76. The number of furan rings is 1. The van der Waals surface area contributed by atoms with Crippen molar-refractivity contribution in [3.8, 4) is 11.3 Å². The van der Waals surface area contributed by atoms with Gasteiger partial charge in [-0.2, -0.15) is 5.10 Å². The molecule has 0 spiro atoms. The van der Waals surface area contributed by atoms with Crippen molar-refractivity contribution in [2.24, 2.45) is 5.10 Å². The van der Waals surface area contributed by atoms with Crippen LogP contribution in [-0.4, -0.2) is 22.0 Å². The molecule has 3 aromatic rings. The number of nitro groups is 1. The Morgan fingerprint density at radius 3 is 2.78 bits per heavy atom. The molecule has 0 saturated heterocycles. The largest absolute Gasteiger partial charge is 0.455 e. The van der Waals surface area contributed by atoms with Crippen molar-refractivity contribution in [2.45, 2.75) is 0 Å². The van der Waals surface area contributed by atoms with Crippen molar-refractivity contribution in [2.75, 3.05) is 0 Å². The molecule has 0 aliphatic rings. The topological polar surface area (TPSA) is 111 Å². The van der Waals surface area contributed by atoms with Crippen LogP contribution < -0.4 is 5.43 Å². The van der Waals surface area contributed by atoms with Crippen LogP contribution in [0.2, 0.25) is 10.2 Å². The number of hydrogen-bond acceptors (Lipinski definition) is 6. The molecule has 0 saturated carbocycles. The van der Waals surface area contributed by atoms with Gasteiger partial charge in [0.2, 0.25) is 0 Å². The van der Waals surface area contributed by atoms with E-state index in [0.29, 0.717) is 17.1 Å². The van der Waals surface area contributed by atoms with Crippen molar-refractivity contribution in [1.82, 2.24) is 10.4 Å². The van der Waals surface area contributed by atoms with E-state index in [9.17, 15) is 14.9 Å². The summed E-state index contributed by atoms with van der Waals surface area (Å²) in [6.45, 7) is 0. The Morgan fingerprint density at radius 1 is 1.26 bits per heavy atom. The maximum atomic E-state index is 12.0. The van der Waals surface area contributed by atoms with E-state index in [1.807, 2.05) is 0 Å². The van der Waals surface area contributed by atoms with Crippen LogP contribution in [0.5, 0.6) is 0 Å². The predicted octanol–water partition coefficient (Wildman–Crippen LogP) is 4.32. The SMILES string of the molecule is O=C(NN=Cc1ccc(-c2ccc([N+](=O)[O-])cc2Cl)o1)c1cccnc1Cl. The molecule has 0 aliphatic heterocycles. The first-order valence-electron chi connectivity index (χ1n) is 7.44. The number of hydrazone groups is 1. The number of amides is 1. The van der Waals surface area contributed by atoms with Gasteiger partial charge in [0.25, 0.3) is 11.6 Å². The lowest BCUT2D eigenvalue weighted by molar-refractivity contribution is -0.384. The summed E-state index contributed by atoms with van der Waals surface area (Å²) >= 11 is 11.9. The third-order valence-corrected chi connectivity index (χ3v) is 4.03. The lowest BCUT2D eigenvalue weighted by Gasteiger charge is -2.01. The van der Waals surface area contributed by atoms with Crippen LogP contribution in [0.4, 0.5) is 5.69 Å². The maximum Gasteiger partial charge on any atom is 0.274 e. The number of carbonyl (C=O) groups is 1. The van der Waals surface area contributed by atoms with Gasteiger partial charge in [0.15, 0.2) is 0 Å². The molecule has 0 unspecified atom stereocenters. The number of nitrogens with one attached hydrogen (secondary N) is 1. The number of halogens is 2. The summed E-state index contributed by atoms with van der Waals surface area (Å²) in [4.78, 5) is 26.0. The van der Waals surface area contributed by atoms with Crippen LogP contribution >= 0.6 is 23.2 Å². The number of hydrogen-bond donors (Lipinski definition) is 1. The fourth-order valence-electron chi connectivity index (χ4n) is 2.15. The highest BCUT2D eigenvalue weighted by Gasteiger charge is 2.13. The Kier molecular flexibility index (Phi) is 5.49. The molecular formula is C17H10Cl2N4O4. The van der Waals surface area contributed by atoms with Gasteiger partial charge in [0.05, 0.1) is 21.7 Å². The first kappa shape index (κ1) is 18.6. The minimum atomic E-state index is -0.535. The van der Waals surface area contributed by atoms with Crippen LogP contribution in [0.15, 0.2) is 58.2 Å². The highest BCUT2D eigenvalue weighted by Crippen LogP contribution is 2.32. The number of carbonyl (C=O) groups excluding carboxylic acids is 1. The zero-order valence-electron chi connectivity index (χ0n) is 13.4. The van der Waals surface area contributed by atoms with E-state index in [4.69, 9.17) is 27.6 Å². The van der Waals surface area contributed by atoms with Crippen molar-refractivity contribution >= 4 is 41.0 Å². The van der Waals surface area contributed by atoms with Crippen LogP contribution in [0.25, 0.3) is 11.3 Å². The standard InChI is InChI=1S/C17H10Cl2N4O4/c18-14-8-10(23(25)26)3-5-12(14)15-6-4-11(27-15)9-21-22-17(24)13-2-1-7-20-16(13)19/h1-9H,(H,22,24). The number of nitrogens with zero attached hydrogens (tertiary/aromatic N) is 3. The normalized spacial score (nSPS) is 10.9. The van der Waals surface area contributed by atoms with E-state index in [-0.39, 0.29) is 21.4 Å². The average Bonchev–Trinajstić information content (AvgIpc) is 3.10. The smallest absolute Gasteiger partial charge is 0.274 e. The van der Waals surface area contributed by atoms with Gasteiger partial charge in [0, 0.05) is 23.9 Å². The predicted molar refractivity (Wildman–Crippen MR) is 100 cm³/mol. The molecule has 0 bridgehead atoms. The summed E-state index contributed by atoms with van der Waals surface area (Å²) < 4.78 is 5.57. The maximum absolute atomic E-state index is 12.0. The third kappa shape index (κ3) is 4.30. The quantitative estimate of drug-likeness (QED) is 0.294. The summed E-state index contributed by atoms with van der Waals surface area (Å²) in [7, 11) is 0. The number of pyridine rings is 1. The molecule has 1 aromatic carbocycles. The number of aromatic nitrogens is 1. The van der Waals surface area contributed by atoms with Crippen LogP contribution in [0.1, 0.15) is 16.1 Å². The van der Waals surface area contributed by atoms with E-state index in [1.54, 1.807) is 18.2 Å². The first-order chi connectivity index (χ1) is 13.0. The molecule has 0 atom stereocenters. The Balaban J connectivity index is 1.71. The van der Waals surface area contributed by atoms with E-state index < -0.39 is 10.8 Å². The van der Waals surface area contributed by atoms with Gasteiger partial charge in [-0.3, -0.25) is 14.9 Å². The lowest BCUT2D eigenvalue weighted by atomic mass is 10.1. The number of rotatable bonds is 5. The Morgan fingerprint density at radius 2 is 2.07 bits per heavy atom. The Hall–Kier alpha value is -3.23. The van der Waals surface area contributed by atoms with Crippen LogP contribution in [-0.2, 0) is 0 Å². The highest BCUT2D eigenvalue weighted by molar-refractivity contribution is 6.33. The molecule has 1 amide bonds. The lowest BCUT2D eigenvalue weighted by Crippen LogP contribution is -2.18. The molecule has 0 fully saturated rings. The van der Waals surface area contributed by atoms with Gasteiger partial charge in [-0.05, 0) is 30.3 Å². The van der Waals surface area contributed by atoms with Gasteiger partial charge >= 0.3 is 0 Å². The fourth-order valence-corrected chi connectivity index (χ4v) is 2.63. The molecule has 27 heavy (non-hydrogen) atoms. The Labute approximate surface area is 162 Å². The first-order valence-corrected chi connectivity index (χ1v) is 8.19. The van der Waals surface area contributed by atoms with E-state index in [2.05, 4.69) is 15.5 Å². The third-order valence-electron chi connectivity index (χ3n) is 3.42. The van der Waals surface area contributed by atoms with Gasteiger partial charge in [-0.15, -0.1) is 0 Å². The zero-order chi connectivity index (χ0) is 19.4. The molecule has 10 heteroatoms. The van der Waals surface area contributed by atoms with E-state index in [1.165, 1.54) is 36.7 Å². The second-order valence-electron chi connectivity index (χ2n) is 5.16. The summed E-state index contributed by atoms with van der Waals surface area (Å²) in [5.41, 5.74) is 2.88. The van der Waals surface area contributed by atoms with Gasteiger partial charge in [0.1, 0.15) is 16.7 Å². The summed E-state index contributed by atoms with van der Waals surface area (Å²) in [5.74, 6) is 0.226. The van der Waals surface area contributed by atoms with Gasteiger partial charge in [-0.1, -0.05) is 23.2 Å². The van der Waals surface area contributed by atoms with Crippen molar-refractivity contribution in [3.63, 3.8) is 0 Å². The summed E-state index contributed by atoms with van der Waals surface area (Å²) in [5, 5.41) is 14.8. The molecule has 0 radical (unpaired) electrons. The molecule has 1 N–H and O–H groups in total.